The molecule has 236 valence electrons. The predicted octanol–water partition coefficient (Wildman–Crippen LogP) is 2.98. The van der Waals surface area contributed by atoms with Crippen LogP contribution >= 0.6 is 0 Å². The monoisotopic (exact) mass is 616 g/mol. The average molecular weight is 617 g/mol. The molecule has 1 saturated heterocycles. The van der Waals surface area contributed by atoms with Crippen LogP contribution < -0.4 is 10.6 Å². The summed E-state index contributed by atoms with van der Waals surface area (Å²) in [5.41, 5.74) is 1.49. The zero-order valence-corrected chi connectivity index (χ0v) is 25.0. The molecule has 0 radical (unpaired) electrons. The molecule has 1 fully saturated rings. The molecule has 0 bridgehead atoms. The Balaban J connectivity index is 1.51. The van der Waals surface area contributed by atoms with Gasteiger partial charge in [-0.2, -0.15) is 0 Å². The molecule has 4 amide bonds. The zero-order chi connectivity index (χ0) is 32.2. The Hall–Kier alpha value is -5.33. The maximum atomic E-state index is 13.5. The average Bonchev–Trinajstić information content (AvgIpc) is 3.06. The van der Waals surface area contributed by atoms with Gasteiger partial charge in [0.1, 0.15) is 17.6 Å². The van der Waals surface area contributed by atoms with Gasteiger partial charge in [-0.05, 0) is 25.3 Å². The number of anilines is 1. The molecule has 0 unspecified atom stereocenters. The summed E-state index contributed by atoms with van der Waals surface area (Å²) in [5, 5.41) is 14.7. The third-order valence-corrected chi connectivity index (χ3v) is 7.11. The molecule has 0 spiro atoms. The number of hydrogen-bond acceptors (Lipinski definition) is 8. The molecule has 1 aliphatic rings. The lowest BCUT2D eigenvalue weighted by Crippen LogP contribution is -2.56. The number of piperazine rings is 1. The van der Waals surface area contributed by atoms with Crippen molar-refractivity contribution in [3.05, 3.63) is 78.0 Å². The Morgan fingerprint density at radius 3 is 2.18 bits per heavy atom. The van der Waals surface area contributed by atoms with Crippen molar-refractivity contribution in [1.29, 1.82) is 0 Å². The van der Waals surface area contributed by atoms with Crippen LogP contribution in [0.5, 0.6) is 0 Å². The van der Waals surface area contributed by atoms with E-state index in [0.29, 0.717) is 12.0 Å². The van der Waals surface area contributed by atoms with Crippen LogP contribution in [-0.4, -0.2) is 93.5 Å². The number of aryl methyl sites for hydroxylation is 1. The number of benzene rings is 2. The van der Waals surface area contributed by atoms with Crippen molar-refractivity contribution in [3.63, 3.8) is 0 Å². The van der Waals surface area contributed by atoms with E-state index < -0.39 is 29.9 Å². The Morgan fingerprint density at radius 1 is 0.889 bits per heavy atom. The van der Waals surface area contributed by atoms with Crippen molar-refractivity contribution in [3.8, 4) is 11.4 Å². The van der Waals surface area contributed by atoms with Crippen LogP contribution in [0.3, 0.4) is 0 Å². The van der Waals surface area contributed by atoms with E-state index >= 15 is 0 Å². The number of ether oxygens (including phenoxy) is 1. The number of nitrogens with zero attached hydrogens (tertiary/aromatic N) is 4. The fourth-order valence-electron chi connectivity index (χ4n) is 4.75. The minimum absolute atomic E-state index is 0.107. The molecule has 45 heavy (non-hydrogen) atoms. The summed E-state index contributed by atoms with van der Waals surface area (Å²) in [7, 11) is 0. The number of aromatic nitrogens is 2. The van der Waals surface area contributed by atoms with E-state index in [4.69, 9.17) is 4.74 Å². The van der Waals surface area contributed by atoms with Crippen molar-refractivity contribution in [2.75, 3.05) is 38.1 Å². The first-order chi connectivity index (χ1) is 21.7. The number of rotatable bonds is 12. The highest BCUT2D eigenvalue weighted by Gasteiger charge is 2.31. The topological polar surface area (TPSA) is 171 Å². The largest absolute Gasteiger partial charge is 0.481 e. The van der Waals surface area contributed by atoms with Crippen LogP contribution in [0.1, 0.15) is 42.2 Å². The first kappa shape index (κ1) is 32.6. The lowest BCUT2D eigenvalue weighted by molar-refractivity contribution is -0.138. The quantitative estimate of drug-likeness (QED) is 0.277. The summed E-state index contributed by atoms with van der Waals surface area (Å²) < 4.78 is 5.02. The zero-order valence-electron chi connectivity index (χ0n) is 25.0. The highest BCUT2D eigenvalue weighted by Crippen LogP contribution is 2.19. The van der Waals surface area contributed by atoms with E-state index in [1.165, 1.54) is 15.9 Å². The molecule has 1 atom stereocenters. The SMILES string of the molecule is CCOC(=O)N1CCN(C(=O)[C@H](CCC(=O)O)NC(=O)c2cc(NC(=O)CCc3ccccc3)nc(-c3ccccc3)n2)CC1. The van der Waals surface area contributed by atoms with Crippen LogP contribution in [0.4, 0.5) is 10.6 Å². The van der Waals surface area contributed by atoms with E-state index in [9.17, 15) is 29.1 Å². The molecule has 1 aliphatic heterocycles. The number of nitrogens with one attached hydrogen (secondary N) is 2. The Labute approximate surface area is 260 Å². The summed E-state index contributed by atoms with van der Waals surface area (Å²) in [6.45, 7) is 2.81. The van der Waals surface area contributed by atoms with Crippen molar-refractivity contribution >= 4 is 35.6 Å². The van der Waals surface area contributed by atoms with Crippen LogP contribution in [0.25, 0.3) is 11.4 Å². The van der Waals surface area contributed by atoms with Gasteiger partial charge < -0.3 is 30.3 Å². The number of carboxylic acid groups (broad SMARTS) is 1. The molecule has 2 aromatic carbocycles. The number of carbonyl (C=O) groups is 5. The summed E-state index contributed by atoms with van der Waals surface area (Å²) in [6.07, 6.45) is -0.288. The summed E-state index contributed by atoms with van der Waals surface area (Å²) in [4.78, 5) is 75.0. The number of amides is 4. The summed E-state index contributed by atoms with van der Waals surface area (Å²) in [5.74, 6) is -2.34. The maximum absolute atomic E-state index is 13.5. The van der Waals surface area contributed by atoms with E-state index in [0.717, 1.165) is 5.56 Å². The van der Waals surface area contributed by atoms with Gasteiger partial charge in [-0.1, -0.05) is 60.7 Å². The fraction of sp³-hybridized carbons (Fsp3) is 0.344. The second-order valence-electron chi connectivity index (χ2n) is 10.3. The molecule has 13 heteroatoms. The second-order valence-corrected chi connectivity index (χ2v) is 10.3. The standard InChI is InChI=1S/C32H36N6O7/c1-2-45-32(44)38-19-17-37(18-20-38)31(43)24(14-16-28(40)41)34-30(42)25-21-26(36-29(33-25)23-11-7-4-8-12-23)35-27(39)15-13-22-9-5-3-6-10-22/h3-12,21,24H,2,13-20H2,1H3,(H,34,42)(H,40,41)(H,33,35,36,39)/t24-/m0/s1. The summed E-state index contributed by atoms with van der Waals surface area (Å²) in [6, 6.07) is 18.6. The second kappa shape index (κ2) is 15.9. The number of hydrogen-bond donors (Lipinski definition) is 3. The van der Waals surface area contributed by atoms with Crippen LogP contribution in [0.15, 0.2) is 66.7 Å². The molecule has 3 aromatic rings. The van der Waals surface area contributed by atoms with Gasteiger partial charge in [0, 0.05) is 50.7 Å². The third kappa shape index (κ3) is 9.58. The minimum atomic E-state index is -1.17. The Morgan fingerprint density at radius 2 is 1.53 bits per heavy atom. The molecular weight excluding hydrogens is 580 g/mol. The minimum Gasteiger partial charge on any atom is -0.481 e. The normalized spacial score (nSPS) is 13.4. The van der Waals surface area contributed by atoms with Gasteiger partial charge in [0.25, 0.3) is 5.91 Å². The number of aliphatic carboxylic acids is 1. The maximum Gasteiger partial charge on any atom is 0.409 e. The van der Waals surface area contributed by atoms with Crippen molar-refractivity contribution < 1.29 is 33.8 Å². The molecule has 4 rings (SSSR count). The molecule has 0 saturated carbocycles. The lowest BCUT2D eigenvalue weighted by atomic mass is 10.1. The molecule has 13 nitrogen and oxygen atoms in total. The highest BCUT2D eigenvalue weighted by molar-refractivity contribution is 5.98. The Kier molecular flexibility index (Phi) is 11.5. The van der Waals surface area contributed by atoms with E-state index in [2.05, 4.69) is 20.6 Å². The highest BCUT2D eigenvalue weighted by atomic mass is 16.6. The Bertz CT molecular complexity index is 1490. The van der Waals surface area contributed by atoms with Crippen molar-refractivity contribution in [1.82, 2.24) is 25.1 Å². The smallest absolute Gasteiger partial charge is 0.409 e. The molecule has 3 N–H and O–H groups in total. The molecule has 1 aromatic heterocycles. The van der Waals surface area contributed by atoms with Gasteiger partial charge >= 0.3 is 12.1 Å². The fourth-order valence-corrected chi connectivity index (χ4v) is 4.75. The van der Waals surface area contributed by atoms with E-state index in [-0.39, 0.29) is 75.3 Å². The summed E-state index contributed by atoms with van der Waals surface area (Å²) >= 11 is 0. The number of carbonyl (C=O) groups excluding carboxylic acids is 4. The van der Waals surface area contributed by atoms with Crippen LogP contribution in [0, 0.1) is 0 Å². The first-order valence-corrected chi connectivity index (χ1v) is 14.7. The van der Waals surface area contributed by atoms with Gasteiger partial charge in [-0.3, -0.25) is 19.2 Å². The number of carboxylic acids is 1. The van der Waals surface area contributed by atoms with Crippen LogP contribution in [0.2, 0.25) is 0 Å². The van der Waals surface area contributed by atoms with Crippen molar-refractivity contribution in [2.45, 2.75) is 38.6 Å². The van der Waals surface area contributed by atoms with Crippen molar-refractivity contribution in [2.24, 2.45) is 0 Å². The van der Waals surface area contributed by atoms with Gasteiger partial charge in [0.05, 0.1) is 6.61 Å². The lowest BCUT2D eigenvalue weighted by Gasteiger charge is -2.35. The van der Waals surface area contributed by atoms with Gasteiger partial charge in [-0.25, -0.2) is 14.8 Å². The van der Waals surface area contributed by atoms with Gasteiger partial charge in [-0.15, -0.1) is 0 Å². The van der Waals surface area contributed by atoms with E-state index in [1.807, 2.05) is 36.4 Å². The molecular formula is C32H36N6O7. The van der Waals surface area contributed by atoms with Gasteiger partial charge in [0.15, 0.2) is 5.82 Å². The van der Waals surface area contributed by atoms with Gasteiger partial charge in [0.2, 0.25) is 11.8 Å². The first-order valence-electron chi connectivity index (χ1n) is 14.7. The molecule has 0 aliphatic carbocycles. The van der Waals surface area contributed by atoms with Crippen LogP contribution in [-0.2, 0) is 25.5 Å². The van der Waals surface area contributed by atoms with E-state index in [1.54, 1.807) is 31.2 Å². The molecule has 2 heterocycles. The predicted molar refractivity (Wildman–Crippen MR) is 164 cm³/mol. The third-order valence-electron chi connectivity index (χ3n) is 7.11.